The first-order valence-corrected chi connectivity index (χ1v) is 11.8. The summed E-state index contributed by atoms with van der Waals surface area (Å²) in [5, 5.41) is 0. The number of nitrogens with two attached hydrogens (primary N) is 1. The average molecular weight is 420 g/mol. The van der Waals surface area contributed by atoms with E-state index in [9.17, 15) is 8.42 Å². The lowest BCUT2D eigenvalue weighted by Crippen LogP contribution is -2.39. The van der Waals surface area contributed by atoms with Gasteiger partial charge >= 0.3 is 10.2 Å². The lowest BCUT2D eigenvalue weighted by Gasteiger charge is -2.25. The third-order valence-electron chi connectivity index (χ3n) is 4.54. The second-order valence-corrected chi connectivity index (χ2v) is 8.81. The summed E-state index contributed by atoms with van der Waals surface area (Å²) >= 11 is 0. The Bertz CT molecular complexity index is 852. The van der Waals surface area contributed by atoms with Gasteiger partial charge < -0.3 is 5.73 Å². The van der Waals surface area contributed by atoms with Gasteiger partial charge in [-0.05, 0) is 49.9 Å². The maximum Gasteiger partial charge on any atom is 0.302 e. The fourth-order valence-corrected chi connectivity index (χ4v) is 4.37. The van der Waals surface area contributed by atoms with Gasteiger partial charge in [0.1, 0.15) is 11.6 Å². The van der Waals surface area contributed by atoms with E-state index < -0.39 is 10.2 Å². The number of hydrogen-bond donors (Lipinski definition) is 2. The molecule has 0 spiro atoms. The van der Waals surface area contributed by atoms with Crippen molar-refractivity contribution in [3.63, 3.8) is 0 Å². The molecule has 2 aromatic heterocycles. The van der Waals surface area contributed by atoms with Crippen LogP contribution in [0.15, 0.2) is 36.4 Å². The molecule has 0 saturated carbocycles. The summed E-state index contributed by atoms with van der Waals surface area (Å²) in [7, 11) is -3.45. The fraction of sp³-hybridized carbons (Fsp3) is 0.524. The summed E-state index contributed by atoms with van der Waals surface area (Å²) < 4.78 is 28.5. The highest BCUT2D eigenvalue weighted by Crippen LogP contribution is 2.16. The van der Waals surface area contributed by atoms with Crippen LogP contribution in [-0.4, -0.2) is 35.8 Å². The average Bonchev–Trinajstić information content (AvgIpc) is 2.70. The van der Waals surface area contributed by atoms with Gasteiger partial charge in [-0.1, -0.05) is 45.2 Å². The van der Waals surface area contributed by atoms with Gasteiger partial charge in [0, 0.05) is 24.5 Å². The number of aromatic nitrogens is 2. The molecule has 3 heterocycles. The van der Waals surface area contributed by atoms with Gasteiger partial charge in [0.05, 0.1) is 0 Å². The zero-order chi connectivity index (χ0) is 21.1. The van der Waals surface area contributed by atoms with E-state index in [1.54, 1.807) is 12.1 Å². The largest absolute Gasteiger partial charge is 0.384 e. The van der Waals surface area contributed by atoms with Gasteiger partial charge in [0.2, 0.25) is 0 Å². The van der Waals surface area contributed by atoms with Gasteiger partial charge in [0.25, 0.3) is 0 Å². The third-order valence-corrected chi connectivity index (χ3v) is 6.05. The zero-order valence-electron chi connectivity index (χ0n) is 17.5. The summed E-state index contributed by atoms with van der Waals surface area (Å²) in [5.41, 5.74) is 7.48. The van der Waals surface area contributed by atoms with Gasteiger partial charge in [0.15, 0.2) is 0 Å². The molecule has 0 amide bonds. The first kappa shape index (κ1) is 23.1. The molecule has 0 aromatic carbocycles. The molecular weight excluding hydrogens is 386 g/mol. The zero-order valence-corrected chi connectivity index (χ0v) is 18.3. The quantitative estimate of drug-likeness (QED) is 0.711. The minimum Gasteiger partial charge on any atom is -0.384 e. The van der Waals surface area contributed by atoms with E-state index >= 15 is 0 Å². The number of anilines is 2. The van der Waals surface area contributed by atoms with Gasteiger partial charge in [-0.2, -0.15) is 12.7 Å². The highest BCUT2D eigenvalue weighted by Gasteiger charge is 2.24. The third kappa shape index (κ3) is 7.98. The van der Waals surface area contributed by atoms with Crippen LogP contribution in [0.2, 0.25) is 0 Å². The maximum absolute atomic E-state index is 12.2. The van der Waals surface area contributed by atoms with Crippen molar-refractivity contribution in [3.8, 4) is 0 Å². The van der Waals surface area contributed by atoms with Crippen molar-refractivity contribution in [1.29, 1.82) is 0 Å². The van der Waals surface area contributed by atoms with Crippen LogP contribution < -0.4 is 10.5 Å². The van der Waals surface area contributed by atoms with Crippen LogP contribution in [0.1, 0.15) is 57.3 Å². The number of nitrogens with one attached hydrogen (secondary N) is 1. The second kappa shape index (κ2) is 11.7. The van der Waals surface area contributed by atoms with Crippen LogP contribution in [0.5, 0.6) is 0 Å². The summed E-state index contributed by atoms with van der Waals surface area (Å²) in [5.74, 6) is 1.03. The summed E-state index contributed by atoms with van der Waals surface area (Å²) in [4.78, 5) is 8.47. The predicted octanol–water partition coefficient (Wildman–Crippen LogP) is 3.79. The van der Waals surface area contributed by atoms with Crippen molar-refractivity contribution < 1.29 is 8.42 Å². The summed E-state index contributed by atoms with van der Waals surface area (Å²) in [6.45, 7) is 5.41. The minimum absolute atomic E-state index is 0.413. The highest BCUT2D eigenvalue weighted by molar-refractivity contribution is 7.90. The Morgan fingerprint density at radius 2 is 1.52 bits per heavy atom. The molecule has 1 saturated heterocycles. The van der Waals surface area contributed by atoms with E-state index in [0.717, 1.165) is 56.3 Å². The number of nitrogen functional groups attached to an aromatic ring is 1. The molecule has 2 aromatic rings. The fourth-order valence-electron chi connectivity index (χ4n) is 3.13. The standard InChI is InChI=1S/C13H21N3O2S.C8H12N2/c1-2-7-12-8-6-9-13(14-12)15-19(17,18)16-10-4-3-5-11-16;1-2-4-7-5-3-6-8(9)10-7/h6,8-9H,2-5,7,10-11H2,1H3,(H,14,15);3,5-6H,2,4H2,1H3,(H2,9,10). The van der Waals surface area contributed by atoms with Gasteiger partial charge in [-0.25, -0.2) is 9.97 Å². The lowest BCUT2D eigenvalue weighted by molar-refractivity contribution is 0.349. The van der Waals surface area contributed by atoms with Crippen molar-refractivity contribution in [3.05, 3.63) is 47.8 Å². The normalized spacial score (nSPS) is 14.7. The van der Waals surface area contributed by atoms with Crippen molar-refractivity contribution in [2.24, 2.45) is 0 Å². The lowest BCUT2D eigenvalue weighted by atomic mass is 10.2. The first-order valence-electron chi connectivity index (χ1n) is 10.4. The highest BCUT2D eigenvalue weighted by atomic mass is 32.2. The van der Waals surface area contributed by atoms with E-state index in [1.807, 2.05) is 24.3 Å². The molecule has 160 valence electrons. The Morgan fingerprint density at radius 1 is 0.931 bits per heavy atom. The molecule has 0 unspecified atom stereocenters. The Balaban J connectivity index is 0.000000253. The number of piperidine rings is 1. The molecule has 29 heavy (non-hydrogen) atoms. The van der Waals surface area contributed by atoms with Crippen LogP contribution in [0, 0.1) is 0 Å². The van der Waals surface area contributed by atoms with Crippen molar-refractivity contribution in [2.75, 3.05) is 23.5 Å². The van der Waals surface area contributed by atoms with Crippen LogP contribution in [-0.2, 0) is 23.1 Å². The summed E-state index contributed by atoms with van der Waals surface area (Å²) in [6.07, 6.45) is 6.97. The predicted molar refractivity (Wildman–Crippen MR) is 119 cm³/mol. The molecule has 0 atom stereocenters. The van der Waals surface area contributed by atoms with E-state index in [-0.39, 0.29) is 0 Å². The Hall–Kier alpha value is -2.19. The van der Waals surface area contributed by atoms with E-state index in [1.165, 1.54) is 4.31 Å². The monoisotopic (exact) mass is 419 g/mol. The SMILES string of the molecule is CCCc1cccc(N)n1.CCCc1cccc(NS(=O)(=O)N2CCCCC2)n1. The van der Waals surface area contributed by atoms with Crippen LogP contribution >= 0.6 is 0 Å². The number of aryl methyl sites for hydroxylation is 2. The Morgan fingerprint density at radius 3 is 2.10 bits per heavy atom. The number of pyridine rings is 2. The number of nitrogens with zero attached hydrogens (tertiary/aromatic N) is 3. The smallest absolute Gasteiger partial charge is 0.302 e. The first-order chi connectivity index (χ1) is 13.9. The topological polar surface area (TPSA) is 101 Å². The number of hydrogen-bond acceptors (Lipinski definition) is 5. The molecule has 1 aliphatic rings. The summed E-state index contributed by atoms with van der Waals surface area (Å²) in [6, 6.07) is 11.2. The van der Waals surface area contributed by atoms with E-state index in [0.29, 0.717) is 24.7 Å². The molecule has 1 fully saturated rings. The molecular formula is C21H33N5O2S. The molecule has 0 bridgehead atoms. The molecule has 0 radical (unpaired) electrons. The number of rotatable bonds is 7. The van der Waals surface area contributed by atoms with Crippen molar-refractivity contribution in [2.45, 2.75) is 58.8 Å². The second-order valence-electron chi connectivity index (χ2n) is 7.13. The Kier molecular flexibility index (Phi) is 9.34. The van der Waals surface area contributed by atoms with Gasteiger partial charge in [-0.3, -0.25) is 4.72 Å². The molecule has 0 aliphatic carbocycles. The van der Waals surface area contributed by atoms with Crippen molar-refractivity contribution in [1.82, 2.24) is 14.3 Å². The molecule has 8 heteroatoms. The maximum atomic E-state index is 12.2. The molecule has 3 rings (SSSR count). The minimum atomic E-state index is -3.45. The van der Waals surface area contributed by atoms with Crippen molar-refractivity contribution >= 4 is 21.8 Å². The van der Waals surface area contributed by atoms with Gasteiger partial charge in [-0.15, -0.1) is 0 Å². The van der Waals surface area contributed by atoms with Crippen LogP contribution in [0.4, 0.5) is 11.6 Å². The van der Waals surface area contributed by atoms with Crippen LogP contribution in [0.3, 0.4) is 0 Å². The molecule has 3 N–H and O–H groups in total. The molecule has 1 aliphatic heterocycles. The Labute approximate surface area is 174 Å². The van der Waals surface area contributed by atoms with E-state index in [2.05, 4.69) is 28.5 Å². The van der Waals surface area contributed by atoms with Crippen LogP contribution in [0.25, 0.3) is 0 Å². The van der Waals surface area contributed by atoms with E-state index in [4.69, 9.17) is 5.73 Å². The molecule has 7 nitrogen and oxygen atoms in total.